The smallest absolute Gasteiger partial charge is 0.419 e. The lowest BCUT2D eigenvalue weighted by Crippen LogP contribution is -2.40. The maximum absolute atomic E-state index is 14.4. The summed E-state index contributed by atoms with van der Waals surface area (Å²) < 4.78 is 60.4. The Morgan fingerprint density at radius 1 is 1.23 bits per heavy atom. The van der Waals surface area contributed by atoms with E-state index in [0.717, 1.165) is 38.1 Å². The molecule has 1 aromatic carbocycles. The highest BCUT2D eigenvalue weighted by molar-refractivity contribution is 5.34. The first-order chi connectivity index (χ1) is 14.7. The first-order valence-electron chi connectivity index (χ1n) is 10.3. The van der Waals surface area contributed by atoms with Gasteiger partial charge < -0.3 is 9.64 Å². The molecule has 2 aromatic rings. The van der Waals surface area contributed by atoms with E-state index in [4.69, 9.17) is 4.74 Å². The van der Waals surface area contributed by atoms with Gasteiger partial charge in [0, 0.05) is 19.5 Å². The number of halogens is 4. The second kappa shape index (κ2) is 8.02. The van der Waals surface area contributed by atoms with Crippen molar-refractivity contribution in [1.29, 1.82) is 5.26 Å². The lowest BCUT2D eigenvalue weighted by atomic mass is 9.83. The molecule has 4 rings (SSSR count). The summed E-state index contributed by atoms with van der Waals surface area (Å²) in [6.45, 7) is 5.12. The Balaban J connectivity index is 1.58. The van der Waals surface area contributed by atoms with Crippen LogP contribution in [0, 0.1) is 35.0 Å². The minimum atomic E-state index is -4.82. The Morgan fingerprint density at radius 3 is 2.48 bits per heavy atom. The number of likely N-dealkylation sites (tertiary alicyclic amines) is 1. The highest BCUT2D eigenvalue weighted by Crippen LogP contribution is 2.43. The Morgan fingerprint density at radius 2 is 1.90 bits per heavy atom. The number of aromatic nitrogens is 3. The maximum Gasteiger partial charge on any atom is 0.419 e. The number of nitrogens with zero attached hydrogens (tertiary/aromatic N) is 5. The molecule has 1 aliphatic carbocycles. The Kier molecular flexibility index (Phi) is 5.54. The van der Waals surface area contributed by atoms with Crippen LogP contribution in [0.3, 0.4) is 0 Å². The van der Waals surface area contributed by atoms with E-state index in [9.17, 15) is 22.8 Å². The van der Waals surface area contributed by atoms with E-state index < -0.39 is 23.3 Å². The largest absolute Gasteiger partial charge is 0.421 e. The number of rotatable bonds is 5. The van der Waals surface area contributed by atoms with Gasteiger partial charge in [0.2, 0.25) is 0 Å². The van der Waals surface area contributed by atoms with Crippen molar-refractivity contribution in [3.8, 4) is 18.0 Å². The minimum absolute atomic E-state index is 0.0370. The zero-order valence-electron chi connectivity index (χ0n) is 17.2. The van der Waals surface area contributed by atoms with Crippen LogP contribution in [0.15, 0.2) is 18.2 Å². The monoisotopic (exact) mass is 437 g/mol. The van der Waals surface area contributed by atoms with Gasteiger partial charge >= 0.3 is 12.2 Å². The normalized spacial score (nSPS) is 23.3. The molecule has 1 saturated heterocycles. The van der Waals surface area contributed by atoms with E-state index in [-0.39, 0.29) is 12.1 Å². The summed E-state index contributed by atoms with van der Waals surface area (Å²) in [5.74, 6) is -0.395. The van der Waals surface area contributed by atoms with Crippen LogP contribution in [0.4, 0.5) is 17.6 Å². The Bertz CT molecular complexity index is 983. The van der Waals surface area contributed by atoms with Gasteiger partial charge in [0.1, 0.15) is 0 Å². The average molecular weight is 437 g/mol. The quantitative estimate of drug-likeness (QED) is 0.497. The van der Waals surface area contributed by atoms with Crippen LogP contribution < -0.4 is 4.74 Å². The van der Waals surface area contributed by atoms with E-state index in [1.54, 1.807) is 4.90 Å². The van der Waals surface area contributed by atoms with Gasteiger partial charge in [-0.1, -0.05) is 6.07 Å². The molecule has 2 fully saturated rings. The molecule has 2 aliphatic rings. The van der Waals surface area contributed by atoms with Gasteiger partial charge in [-0.2, -0.15) is 28.5 Å². The zero-order chi connectivity index (χ0) is 22.3. The van der Waals surface area contributed by atoms with Crippen molar-refractivity contribution in [3.05, 3.63) is 35.4 Å². The van der Waals surface area contributed by atoms with Crippen molar-refractivity contribution in [3.63, 3.8) is 0 Å². The number of ether oxygens (including phenoxy) is 1. The summed E-state index contributed by atoms with van der Waals surface area (Å²) in [5.41, 5.74) is -1.39. The molecule has 2 bridgehead atoms. The molecule has 3 atom stereocenters. The summed E-state index contributed by atoms with van der Waals surface area (Å²) in [7, 11) is 0. The second-order valence-corrected chi connectivity index (χ2v) is 8.54. The van der Waals surface area contributed by atoms with Gasteiger partial charge in [-0.25, -0.2) is 9.07 Å². The number of hydrogen-bond acceptors (Lipinski definition) is 5. The molecule has 0 radical (unpaired) electrons. The van der Waals surface area contributed by atoms with E-state index in [2.05, 4.69) is 16.3 Å². The van der Waals surface area contributed by atoms with Gasteiger partial charge in [0.15, 0.2) is 23.6 Å². The third-order valence-electron chi connectivity index (χ3n) is 6.19. The van der Waals surface area contributed by atoms with Crippen molar-refractivity contribution in [2.24, 2.45) is 17.8 Å². The first kappa shape index (κ1) is 21.4. The first-order valence-corrected chi connectivity index (χ1v) is 10.3. The molecule has 1 saturated carbocycles. The highest BCUT2D eigenvalue weighted by Gasteiger charge is 2.42. The van der Waals surface area contributed by atoms with Gasteiger partial charge in [0.05, 0.1) is 11.6 Å². The topological polar surface area (TPSA) is 67.0 Å². The number of fused-ring (bicyclic) bond motifs is 2. The van der Waals surface area contributed by atoms with Crippen molar-refractivity contribution < 1.29 is 22.3 Å². The van der Waals surface area contributed by atoms with Crippen molar-refractivity contribution >= 4 is 0 Å². The summed E-state index contributed by atoms with van der Waals surface area (Å²) in [6.07, 6.45) is 0.104. The van der Waals surface area contributed by atoms with Gasteiger partial charge in [-0.15, -0.1) is 0 Å². The average Bonchev–Trinajstić information content (AvgIpc) is 3.19. The number of benzene rings is 1. The summed E-state index contributed by atoms with van der Waals surface area (Å²) in [4.78, 5) is 6.19. The number of hydrogen-bond donors (Lipinski definition) is 0. The lowest BCUT2D eigenvalue weighted by molar-refractivity contribution is -0.140. The molecule has 10 heteroatoms. The Hall–Kier alpha value is -2.83. The number of piperidine rings is 1. The third-order valence-corrected chi connectivity index (χ3v) is 6.19. The predicted octanol–water partition coefficient (Wildman–Crippen LogP) is 4.79. The summed E-state index contributed by atoms with van der Waals surface area (Å²) in [5, 5.41) is 13.7. The van der Waals surface area contributed by atoms with E-state index in [0.29, 0.717) is 36.1 Å². The molecule has 2 heterocycles. The third kappa shape index (κ3) is 4.18. The zero-order valence-corrected chi connectivity index (χ0v) is 17.2. The lowest BCUT2D eigenvalue weighted by Gasteiger charge is -2.34. The van der Waals surface area contributed by atoms with Gasteiger partial charge in [0.25, 0.3) is 0 Å². The maximum atomic E-state index is 14.4. The molecule has 1 unspecified atom stereocenters. The van der Waals surface area contributed by atoms with E-state index >= 15 is 0 Å². The highest BCUT2D eigenvalue weighted by atomic mass is 19.4. The molecule has 1 aromatic heterocycles. The van der Waals surface area contributed by atoms with Crippen LogP contribution in [-0.4, -0.2) is 32.8 Å². The SMILES string of the molecule is CC(C)n1nc(CC2[C@@H]3CC[C@H]2CN(C#N)C3)nc1Oc1cccc(C(F)(F)F)c1F. The van der Waals surface area contributed by atoms with Crippen LogP contribution in [0.25, 0.3) is 0 Å². The fraction of sp³-hybridized carbons (Fsp3) is 0.571. The van der Waals surface area contributed by atoms with Crippen molar-refractivity contribution in [2.75, 3.05) is 13.1 Å². The van der Waals surface area contributed by atoms with Crippen LogP contribution in [0.1, 0.15) is 44.1 Å². The number of nitriles is 1. The summed E-state index contributed by atoms with van der Waals surface area (Å²) in [6, 6.07) is 2.69. The molecule has 6 nitrogen and oxygen atoms in total. The number of alkyl halides is 3. The molecule has 31 heavy (non-hydrogen) atoms. The van der Waals surface area contributed by atoms with Crippen LogP contribution in [-0.2, 0) is 12.6 Å². The van der Waals surface area contributed by atoms with Crippen molar-refractivity contribution in [1.82, 2.24) is 19.7 Å². The fourth-order valence-corrected chi connectivity index (χ4v) is 4.71. The van der Waals surface area contributed by atoms with Gasteiger partial charge in [-0.3, -0.25) is 0 Å². The molecule has 0 N–H and O–H groups in total. The van der Waals surface area contributed by atoms with E-state index in [1.165, 1.54) is 4.68 Å². The molecule has 166 valence electrons. The van der Waals surface area contributed by atoms with Crippen molar-refractivity contribution in [2.45, 2.75) is 45.3 Å². The molecular weight excluding hydrogens is 414 g/mol. The van der Waals surface area contributed by atoms with Crippen LogP contribution in [0.2, 0.25) is 0 Å². The molecule has 0 spiro atoms. The van der Waals surface area contributed by atoms with Crippen LogP contribution in [0.5, 0.6) is 11.8 Å². The van der Waals surface area contributed by atoms with E-state index in [1.807, 2.05) is 13.8 Å². The second-order valence-electron chi connectivity index (χ2n) is 8.54. The minimum Gasteiger partial charge on any atom is -0.421 e. The van der Waals surface area contributed by atoms with Crippen LogP contribution >= 0.6 is 0 Å². The summed E-state index contributed by atoms with van der Waals surface area (Å²) >= 11 is 0. The molecular formula is C21H23F4N5O. The molecule has 0 amide bonds. The van der Waals surface area contributed by atoms with Gasteiger partial charge in [-0.05, 0) is 56.6 Å². The fourth-order valence-electron chi connectivity index (χ4n) is 4.71. The Labute approximate surface area is 177 Å². The standard InChI is InChI=1S/C21H23F4N5O/c1-12(2)30-20(31-17-5-3-4-16(19(17)22)21(23,24)25)27-18(28-30)8-15-13-6-7-14(15)10-29(9-13)11-26/h3-5,12-15H,6-10H2,1-2H3/t13-,14+,15?. The molecule has 1 aliphatic heterocycles. The predicted molar refractivity (Wildman–Crippen MR) is 102 cm³/mol.